The second kappa shape index (κ2) is 11.2. The number of halogens is 1. The number of Topliss-reactive ketones (excluding diaryl/α,β-unsaturated/α-hetero) is 1. The minimum absolute atomic E-state index is 0.0459. The van der Waals surface area contributed by atoms with E-state index in [9.17, 15) is 9.59 Å². The Bertz CT molecular complexity index is 1650. The summed E-state index contributed by atoms with van der Waals surface area (Å²) in [5, 5.41) is 3.58. The third-order valence-electron chi connectivity index (χ3n) is 6.91. The molecular formula is C31H25ClN4O4. The molecule has 0 saturated carbocycles. The molecule has 0 saturated heterocycles. The van der Waals surface area contributed by atoms with Crippen LogP contribution in [0.4, 0.5) is 5.69 Å². The third-order valence-corrected chi connectivity index (χ3v) is 7.16. The molecule has 0 radical (unpaired) electrons. The van der Waals surface area contributed by atoms with E-state index in [0.29, 0.717) is 59.2 Å². The van der Waals surface area contributed by atoms with Crippen molar-refractivity contribution in [3.05, 3.63) is 119 Å². The van der Waals surface area contributed by atoms with E-state index in [2.05, 4.69) is 15.3 Å². The normalized spacial score (nSPS) is 13.5. The van der Waals surface area contributed by atoms with Crippen LogP contribution in [0.1, 0.15) is 50.9 Å². The van der Waals surface area contributed by atoms with Crippen molar-refractivity contribution in [2.45, 2.75) is 31.9 Å². The number of rotatable bonds is 8. The molecule has 2 heterocycles. The van der Waals surface area contributed by atoms with E-state index in [0.717, 1.165) is 11.1 Å². The summed E-state index contributed by atoms with van der Waals surface area (Å²) in [6.07, 6.45) is 7.96. The molecule has 5 aromatic rings. The van der Waals surface area contributed by atoms with Gasteiger partial charge < -0.3 is 19.0 Å². The van der Waals surface area contributed by atoms with Gasteiger partial charge in [-0.15, -0.1) is 0 Å². The monoisotopic (exact) mass is 552 g/mol. The number of carbonyl (C=O) groups excluding carboxylic acids is 2. The highest BCUT2D eigenvalue weighted by Gasteiger charge is 2.27. The number of imidazole rings is 1. The van der Waals surface area contributed by atoms with E-state index in [1.807, 2.05) is 41.1 Å². The van der Waals surface area contributed by atoms with Crippen LogP contribution < -0.4 is 10.1 Å². The Morgan fingerprint density at radius 3 is 2.67 bits per heavy atom. The fourth-order valence-electron chi connectivity index (χ4n) is 4.95. The highest BCUT2D eigenvalue weighted by molar-refractivity contribution is 6.30. The molecule has 1 unspecified atom stereocenters. The van der Waals surface area contributed by atoms with Gasteiger partial charge in [-0.25, -0.2) is 9.97 Å². The number of oxazole rings is 1. The second-order valence-electron chi connectivity index (χ2n) is 9.51. The van der Waals surface area contributed by atoms with Crippen molar-refractivity contribution < 1.29 is 18.7 Å². The highest BCUT2D eigenvalue weighted by atomic mass is 35.5. The first-order valence-electron chi connectivity index (χ1n) is 12.9. The minimum atomic E-state index is -0.471. The van der Waals surface area contributed by atoms with Crippen molar-refractivity contribution in [2.24, 2.45) is 0 Å². The number of ether oxygens (including phenoxy) is 1. The van der Waals surface area contributed by atoms with Crippen LogP contribution in [0, 0.1) is 0 Å². The predicted molar refractivity (Wildman–Crippen MR) is 151 cm³/mol. The molecule has 1 atom stereocenters. The molecule has 3 aromatic carbocycles. The van der Waals surface area contributed by atoms with Crippen LogP contribution in [-0.2, 0) is 13.0 Å². The number of fused-ring (bicyclic) bond motifs is 1. The number of anilines is 1. The number of hydrogen-bond acceptors (Lipinski definition) is 6. The molecule has 9 heteroatoms. The standard InChI is InChI=1S/C31H25ClN4O4/c32-22-11-9-21(10-12-22)30-29(34-19-39-30)31(38)35-28-24-7-4-8-25(37)23(24)13-14-26(28)40-27(17-36-16-15-33-18-36)20-5-2-1-3-6-20/h1-3,5-6,9-16,18-19,27H,4,7-8,17H2,(H,35,38). The molecule has 40 heavy (non-hydrogen) atoms. The number of benzene rings is 3. The molecule has 1 amide bonds. The molecule has 1 aliphatic rings. The van der Waals surface area contributed by atoms with E-state index in [1.54, 1.807) is 48.9 Å². The first-order chi connectivity index (χ1) is 19.6. The fraction of sp³-hybridized carbons (Fsp3) is 0.161. The number of ketones is 1. The summed E-state index contributed by atoms with van der Waals surface area (Å²) >= 11 is 6.04. The van der Waals surface area contributed by atoms with Crippen molar-refractivity contribution >= 4 is 29.0 Å². The lowest BCUT2D eigenvalue weighted by Crippen LogP contribution is -2.21. The Balaban J connectivity index is 1.38. The molecule has 2 aromatic heterocycles. The van der Waals surface area contributed by atoms with Gasteiger partial charge in [0.1, 0.15) is 11.9 Å². The third kappa shape index (κ3) is 5.26. The summed E-state index contributed by atoms with van der Waals surface area (Å²) in [4.78, 5) is 34.8. The first-order valence-corrected chi connectivity index (χ1v) is 13.3. The summed E-state index contributed by atoms with van der Waals surface area (Å²) < 4.78 is 14.1. The number of aromatic nitrogens is 3. The average molecular weight is 553 g/mol. The maximum absolute atomic E-state index is 13.7. The largest absolute Gasteiger partial charge is 0.482 e. The topological polar surface area (TPSA) is 99.2 Å². The van der Waals surface area contributed by atoms with Crippen molar-refractivity contribution in [3.63, 3.8) is 0 Å². The van der Waals surface area contributed by atoms with Crippen LogP contribution >= 0.6 is 11.6 Å². The molecule has 1 N–H and O–H groups in total. The Morgan fingerprint density at radius 1 is 1.07 bits per heavy atom. The quantitative estimate of drug-likeness (QED) is 0.228. The van der Waals surface area contributed by atoms with Crippen molar-refractivity contribution in [1.29, 1.82) is 0 Å². The molecule has 0 fully saturated rings. The summed E-state index contributed by atoms with van der Waals surface area (Å²) in [6, 6.07) is 20.4. The van der Waals surface area contributed by atoms with Crippen molar-refractivity contribution in [1.82, 2.24) is 14.5 Å². The smallest absolute Gasteiger partial charge is 0.278 e. The Labute approximate surface area is 235 Å². The average Bonchev–Trinajstić information content (AvgIpc) is 3.68. The summed E-state index contributed by atoms with van der Waals surface area (Å²) in [7, 11) is 0. The van der Waals surface area contributed by atoms with Crippen LogP contribution in [0.3, 0.4) is 0 Å². The van der Waals surface area contributed by atoms with E-state index in [-0.39, 0.29) is 17.6 Å². The molecular weight excluding hydrogens is 528 g/mol. The minimum Gasteiger partial charge on any atom is -0.482 e. The van der Waals surface area contributed by atoms with Crippen LogP contribution in [0.25, 0.3) is 11.3 Å². The lowest BCUT2D eigenvalue weighted by Gasteiger charge is -2.25. The van der Waals surface area contributed by atoms with Gasteiger partial charge in [0.25, 0.3) is 5.91 Å². The molecule has 200 valence electrons. The zero-order valence-electron chi connectivity index (χ0n) is 21.4. The van der Waals surface area contributed by atoms with Crippen molar-refractivity contribution in [3.8, 4) is 17.1 Å². The van der Waals surface area contributed by atoms with Crippen molar-refractivity contribution in [2.75, 3.05) is 5.32 Å². The van der Waals surface area contributed by atoms with Crippen LogP contribution in [0.5, 0.6) is 5.75 Å². The van der Waals surface area contributed by atoms with E-state index < -0.39 is 5.91 Å². The second-order valence-corrected chi connectivity index (χ2v) is 9.95. The summed E-state index contributed by atoms with van der Waals surface area (Å²) in [5.74, 6) is 0.359. The maximum atomic E-state index is 13.7. The molecule has 0 bridgehead atoms. The van der Waals surface area contributed by atoms with Gasteiger partial charge in [-0.1, -0.05) is 41.9 Å². The van der Waals surface area contributed by atoms with Gasteiger partial charge in [0.05, 0.1) is 18.6 Å². The fourth-order valence-corrected chi connectivity index (χ4v) is 5.07. The zero-order valence-corrected chi connectivity index (χ0v) is 22.2. The predicted octanol–water partition coefficient (Wildman–Crippen LogP) is 6.78. The van der Waals surface area contributed by atoms with Gasteiger partial charge in [0.15, 0.2) is 23.6 Å². The van der Waals surface area contributed by atoms with Crippen LogP contribution in [0.2, 0.25) is 5.02 Å². The summed E-state index contributed by atoms with van der Waals surface area (Å²) in [5.41, 5.74) is 3.56. The lowest BCUT2D eigenvalue weighted by atomic mass is 9.89. The molecule has 0 aliphatic heterocycles. The van der Waals surface area contributed by atoms with Gasteiger partial charge in [0, 0.05) is 35.0 Å². The zero-order chi connectivity index (χ0) is 27.5. The molecule has 6 rings (SSSR count). The van der Waals surface area contributed by atoms with E-state index >= 15 is 0 Å². The lowest BCUT2D eigenvalue weighted by molar-refractivity contribution is 0.0969. The number of nitrogens with one attached hydrogen (secondary N) is 1. The number of amides is 1. The summed E-state index contributed by atoms with van der Waals surface area (Å²) in [6.45, 7) is 0.497. The Hall–Kier alpha value is -4.69. The number of carbonyl (C=O) groups is 2. The molecule has 1 aliphatic carbocycles. The SMILES string of the molecule is O=C1CCCc2c1ccc(OC(Cn1ccnc1)c1ccccc1)c2NC(=O)c1ncoc1-c1ccc(Cl)cc1. The Kier molecular flexibility index (Phi) is 7.16. The highest BCUT2D eigenvalue weighted by Crippen LogP contribution is 2.39. The van der Waals surface area contributed by atoms with Gasteiger partial charge >= 0.3 is 0 Å². The van der Waals surface area contributed by atoms with Gasteiger partial charge in [-0.3, -0.25) is 9.59 Å². The maximum Gasteiger partial charge on any atom is 0.278 e. The van der Waals surface area contributed by atoms with E-state index in [1.165, 1.54) is 6.39 Å². The number of nitrogens with zero attached hydrogens (tertiary/aromatic N) is 3. The number of hydrogen-bond donors (Lipinski definition) is 1. The Morgan fingerprint density at radius 2 is 1.90 bits per heavy atom. The van der Waals surface area contributed by atoms with Gasteiger partial charge in [0.2, 0.25) is 0 Å². The molecule has 0 spiro atoms. The van der Waals surface area contributed by atoms with E-state index in [4.69, 9.17) is 20.8 Å². The van der Waals surface area contributed by atoms with Crippen LogP contribution in [0.15, 0.2) is 96.3 Å². The molecule has 8 nitrogen and oxygen atoms in total. The van der Waals surface area contributed by atoms with Gasteiger partial charge in [-0.05, 0) is 60.4 Å². The van der Waals surface area contributed by atoms with Gasteiger partial charge in [-0.2, -0.15) is 0 Å². The first kappa shape index (κ1) is 25.6. The van der Waals surface area contributed by atoms with Crippen LogP contribution in [-0.4, -0.2) is 26.2 Å².